The number of carbonyl (C=O) groups is 1. The summed E-state index contributed by atoms with van der Waals surface area (Å²) < 4.78 is 0. The first kappa shape index (κ1) is 13.7. The maximum absolute atomic E-state index is 12.0. The van der Waals surface area contributed by atoms with Crippen LogP contribution < -0.4 is 5.32 Å². The molecule has 0 aliphatic carbocycles. The minimum Gasteiger partial charge on any atom is -0.384 e. The number of hydrogen-bond donors (Lipinski definition) is 2. The van der Waals surface area contributed by atoms with Crippen LogP contribution >= 0.6 is 0 Å². The predicted molar refractivity (Wildman–Crippen MR) is 71.9 cm³/mol. The number of rotatable bonds is 2. The summed E-state index contributed by atoms with van der Waals surface area (Å²) in [6, 6.07) is 5.10. The first-order valence-corrected chi connectivity index (χ1v) is 5.86. The van der Waals surface area contributed by atoms with Crippen molar-refractivity contribution in [3.05, 3.63) is 34.9 Å². The summed E-state index contributed by atoms with van der Waals surface area (Å²) in [6.45, 7) is 1.65. The van der Waals surface area contributed by atoms with Crippen molar-refractivity contribution in [2.45, 2.75) is 6.92 Å². The number of hydrogen-bond acceptors (Lipinski definition) is 5. The van der Waals surface area contributed by atoms with Crippen molar-refractivity contribution in [2.24, 2.45) is 7.05 Å². The summed E-state index contributed by atoms with van der Waals surface area (Å²) in [5.74, 6) is 5.22. The number of aryl methyl sites for hydroxylation is 2. The van der Waals surface area contributed by atoms with Crippen LogP contribution in [0.1, 0.15) is 21.5 Å². The minimum atomic E-state index is -0.317. The van der Waals surface area contributed by atoms with Gasteiger partial charge in [0, 0.05) is 11.1 Å². The second kappa shape index (κ2) is 5.95. The van der Waals surface area contributed by atoms with Crippen LogP contribution in [0.25, 0.3) is 0 Å². The lowest BCUT2D eigenvalue weighted by atomic mass is 10.1. The summed E-state index contributed by atoms with van der Waals surface area (Å²) in [7, 11) is 1.61. The van der Waals surface area contributed by atoms with Crippen LogP contribution in [0.2, 0.25) is 0 Å². The van der Waals surface area contributed by atoms with E-state index in [-0.39, 0.29) is 18.5 Å². The highest BCUT2D eigenvalue weighted by Crippen LogP contribution is 2.11. The molecule has 0 aliphatic rings. The maximum Gasteiger partial charge on any atom is 0.270 e. The molecular weight excluding hydrogens is 258 g/mol. The average molecular weight is 271 g/mol. The van der Waals surface area contributed by atoms with Crippen molar-refractivity contribution in [3.8, 4) is 11.8 Å². The number of amides is 1. The SMILES string of the molecule is Cc1cc(C(=O)Nc2nnn(C)n2)ccc1C#CCO. The van der Waals surface area contributed by atoms with Crippen molar-refractivity contribution in [2.75, 3.05) is 11.9 Å². The molecule has 20 heavy (non-hydrogen) atoms. The summed E-state index contributed by atoms with van der Waals surface area (Å²) in [4.78, 5) is 13.3. The molecular formula is C13H13N5O2. The summed E-state index contributed by atoms with van der Waals surface area (Å²) in [5, 5.41) is 22.4. The van der Waals surface area contributed by atoms with Crippen LogP contribution in [0.15, 0.2) is 18.2 Å². The number of benzene rings is 1. The molecule has 0 aliphatic heterocycles. The van der Waals surface area contributed by atoms with Gasteiger partial charge in [0.1, 0.15) is 6.61 Å². The van der Waals surface area contributed by atoms with Crippen molar-refractivity contribution >= 4 is 11.9 Å². The zero-order valence-electron chi connectivity index (χ0n) is 11.1. The molecule has 2 rings (SSSR count). The van der Waals surface area contributed by atoms with Gasteiger partial charge in [0.25, 0.3) is 11.9 Å². The third-order valence-corrected chi connectivity index (χ3v) is 2.52. The van der Waals surface area contributed by atoms with Crippen LogP contribution in [0.3, 0.4) is 0 Å². The fourth-order valence-corrected chi connectivity index (χ4v) is 1.59. The monoisotopic (exact) mass is 271 g/mol. The molecule has 1 aromatic carbocycles. The first-order chi connectivity index (χ1) is 9.60. The smallest absolute Gasteiger partial charge is 0.270 e. The lowest BCUT2D eigenvalue weighted by Gasteiger charge is -2.03. The van der Waals surface area contributed by atoms with Gasteiger partial charge in [-0.15, -0.1) is 5.10 Å². The molecule has 0 saturated carbocycles. The Morgan fingerprint density at radius 2 is 2.30 bits per heavy atom. The molecule has 1 heterocycles. The zero-order chi connectivity index (χ0) is 14.5. The molecule has 2 aromatic rings. The van der Waals surface area contributed by atoms with E-state index in [0.29, 0.717) is 5.56 Å². The Kier molecular flexibility index (Phi) is 4.08. The van der Waals surface area contributed by atoms with Crippen molar-refractivity contribution in [1.29, 1.82) is 0 Å². The Bertz CT molecular complexity index is 696. The van der Waals surface area contributed by atoms with Gasteiger partial charge in [-0.05, 0) is 35.9 Å². The Hall–Kier alpha value is -2.72. The number of aromatic nitrogens is 4. The number of carbonyl (C=O) groups excluding carboxylic acids is 1. The van der Waals surface area contributed by atoms with Crippen LogP contribution in [0.4, 0.5) is 5.95 Å². The topological polar surface area (TPSA) is 92.9 Å². The van der Waals surface area contributed by atoms with Crippen molar-refractivity contribution in [3.63, 3.8) is 0 Å². The second-order valence-electron chi connectivity index (χ2n) is 4.05. The summed E-state index contributed by atoms with van der Waals surface area (Å²) in [6.07, 6.45) is 0. The third-order valence-electron chi connectivity index (χ3n) is 2.52. The van der Waals surface area contributed by atoms with Gasteiger partial charge in [0.05, 0.1) is 7.05 Å². The van der Waals surface area contributed by atoms with E-state index in [1.807, 2.05) is 6.92 Å². The number of nitrogens with one attached hydrogen (secondary N) is 1. The number of aliphatic hydroxyl groups excluding tert-OH is 1. The second-order valence-corrected chi connectivity index (χ2v) is 4.05. The van der Waals surface area contributed by atoms with Crippen LogP contribution in [0, 0.1) is 18.8 Å². The van der Waals surface area contributed by atoms with E-state index >= 15 is 0 Å². The zero-order valence-corrected chi connectivity index (χ0v) is 11.1. The highest BCUT2D eigenvalue weighted by Gasteiger charge is 2.10. The Labute approximate surface area is 115 Å². The quantitative estimate of drug-likeness (QED) is 0.756. The molecule has 0 spiro atoms. The number of aliphatic hydroxyl groups is 1. The molecule has 0 radical (unpaired) electrons. The van der Waals surface area contributed by atoms with Crippen LogP contribution in [0.5, 0.6) is 0 Å². The molecule has 102 valence electrons. The molecule has 0 saturated heterocycles. The molecule has 1 amide bonds. The average Bonchev–Trinajstić information content (AvgIpc) is 2.82. The van der Waals surface area contributed by atoms with Crippen LogP contribution in [-0.4, -0.2) is 37.8 Å². The third kappa shape index (κ3) is 3.18. The van der Waals surface area contributed by atoms with Gasteiger partial charge >= 0.3 is 0 Å². The molecule has 7 heteroatoms. The molecule has 0 atom stereocenters. The van der Waals surface area contributed by atoms with E-state index in [0.717, 1.165) is 11.1 Å². The standard InChI is InChI=1S/C13H13N5O2/c1-9-8-11(6-5-10(9)4-3-7-19)12(20)14-13-15-17-18(2)16-13/h5-6,8,19H,7H2,1-2H3,(H,14,16,20). The fourth-order valence-electron chi connectivity index (χ4n) is 1.59. The van der Waals surface area contributed by atoms with Gasteiger partial charge < -0.3 is 5.11 Å². The normalized spacial score (nSPS) is 9.75. The molecule has 1 aromatic heterocycles. The van der Waals surface area contributed by atoms with Gasteiger partial charge in [0.2, 0.25) is 0 Å². The van der Waals surface area contributed by atoms with Gasteiger partial charge in [-0.3, -0.25) is 10.1 Å². The van der Waals surface area contributed by atoms with E-state index in [1.165, 1.54) is 4.80 Å². The number of anilines is 1. The van der Waals surface area contributed by atoms with E-state index in [1.54, 1.807) is 25.2 Å². The largest absolute Gasteiger partial charge is 0.384 e. The molecule has 0 fully saturated rings. The van der Waals surface area contributed by atoms with Gasteiger partial charge in [-0.25, -0.2) is 0 Å². The first-order valence-electron chi connectivity index (χ1n) is 5.86. The highest BCUT2D eigenvalue weighted by molar-refractivity contribution is 6.03. The lowest BCUT2D eigenvalue weighted by Crippen LogP contribution is -2.13. The van der Waals surface area contributed by atoms with Crippen molar-refractivity contribution < 1.29 is 9.90 Å². The number of nitrogens with zero attached hydrogens (tertiary/aromatic N) is 4. The molecule has 0 unspecified atom stereocenters. The van der Waals surface area contributed by atoms with E-state index in [2.05, 4.69) is 32.6 Å². The Morgan fingerprint density at radius 1 is 1.50 bits per heavy atom. The lowest BCUT2D eigenvalue weighted by molar-refractivity contribution is 0.102. The molecule has 2 N–H and O–H groups in total. The fraction of sp³-hybridized carbons (Fsp3) is 0.231. The van der Waals surface area contributed by atoms with Crippen molar-refractivity contribution in [1.82, 2.24) is 20.2 Å². The van der Waals surface area contributed by atoms with Gasteiger partial charge in [0.15, 0.2) is 0 Å². The Balaban J connectivity index is 2.16. The van der Waals surface area contributed by atoms with Gasteiger partial charge in [-0.1, -0.05) is 16.9 Å². The summed E-state index contributed by atoms with van der Waals surface area (Å²) >= 11 is 0. The maximum atomic E-state index is 12.0. The summed E-state index contributed by atoms with van der Waals surface area (Å²) in [5.41, 5.74) is 2.10. The minimum absolute atomic E-state index is 0.152. The van der Waals surface area contributed by atoms with E-state index in [4.69, 9.17) is 5.11 Å². The predicted octanol–water partition coefficient (Wildman–Crippen LogP) is 0.115. The Morgan fingerprint density at radius 3 is 2.90 bits per heavy atom. The van der Waals surface area contributed by atoms with E-state index in [9.17, 15) is 4.79 Å². The molecule has 7 nitrogen and oxygen atoms in total. The number of tetrazole rings is 1. The van der Waals surface area contributed by atoms with Crippen LogP contribution in [-0.2, 0) is 7.05 Å². The highest BCUT2D eigenvalue weighted by atomic mass is 16.2. The van der Waals surface area contributed by atoms with Gasteiger partial charge in [-0.2, -0.15) is 4.80 Å². The van der Waals surface area contributed by atoms with E-state index < -0.39 is 0 Å². The molecule has 0 bridgehead atoms.